The van der Waals surface area contributed by atoms with Gasteiger partial charge >= 0.3 is 0 Å². The Balaban J connectivity index is 1.42. The summed E-state index contributed by atoms with van der Waals surface area (Å²) in [6.45, 7) is 2.17. The highest BCUT2D eigenvalue weighted by Gasteiger charge is 2.37. The lowest BCUT2D eigenvalue weighted by molar-refractivity contribution is 0.0594. The van der Waals surface area contributed by atoms with Gasteiger partial charge in [-0.05, 0) is 49.3 Å². The average molecular weight is 377 g/mol. The number of pyridine rings is 2. The Labute approximate surface area is 165 Å². The van der Waals surface area contributed by atoms with E-state index in [1.165, 1.54) is 19.3 Å². The SMILES string of the molecule is O=C(c1ccncc1)N1C[C@@H]2C[C@H](C1)c1ccc(C3CCCCC3)c(=O)n1C2. The third-order valence-corrected chi connectivity index (χ3v) is 6.89. The number of piperidine rings is 1. The minimum atomic E-state index is 0.0757. The van der Waals surface area contributed by atoms with Gasteiger partial charge in [0.05, 0.1) is 0 Å². The Morgan fingerprint density at radius 2 is 1.71 bits per heavy atom. The highest BCUT2D eigenvalue weighted by molar-refractivity contribution is 5.94. The predicted molar refractivity (Wildman–Crippen MR) is 108 cm³/mol. The molecular formula is C23H27N3O2. The van der Waals surface area contributed by atoms with Crippen LogP contribution in [0.2, 0.25) is 0 Å². The first-order valence-corrected chi connectivity index (χ1v) is 10.6. The minimum Gasteiger partial charge on any atom is -0.338 e. The molecule has 0 aromatic carbocycles. The van der Waals surface area contributed by atoms with Crippen LogP contribution in [0.15, 0.2) is 41.5 Å². The van der Waals surface area contributed by atoms with Gasteiger partial charge in [0, 0.05) is 54.8 Å². The molecule has 146 valence electrons. The van der Waals surface area contributed by atoms with E-state index in [0.29, 0.717) is 23.9 Å². The maximum absolute atomic E-state index is 13.3. The van der Waals surface area contributed by atoms with Crippen molar-refractivity contribution >= 4 is 5.91 Å². The molecule has 2 aromatic rings. The van der Waals surface area contributed by atoms with E-state index >= 15 is 0 Å². The molecule has 2 atom stereocenters. The van der Waals surface area contributed by atoms with Crippen LogP contribution in [0.3, 0.4) is 0 Å². The lowest BCUT2D eigenvalue weighted by atomic mass is 9.81. The highest BCUT2D eigenvalue weighted by atomic mass is 16.2. The topological polar surface area (TPSA) is 55.2 Å². The number of amides is 1. The van der Waals surface area contributed by atoms with Gasteiger partial charge in [0.1, 0.15) is 0 Å². The molecule has 0 spiro atoms. The van der Waals surface area contributed by atoms with Crippen molar-refractivity contribution in [3.05, 3.63) is 63.8 Å². The molecule has 2 aliphatic heterocycles. The van der Waals surface area contributed by atoms with Crippen molar-refractivity contribution in [1.82, 2.24) is 14.5 Å². The van der Waals surface area contributed by atoms with Crippen LogP contribution in [0.4, 0.5) is 0 Å². The number of hydrogen-bond acceptors (Lipinski definition) is 3. The van der Waals surface area contributed by atoms with Gasteiger partial charge < -0.3 is 9.47 Å². The van der Waals surface area contributed by atoms with E-state index in [0.717, 1.165) is 43.6 Å². The molecule has 1 aliphatic carbocycles. The zero-order chi connectivity index (χ0) is 19.1. The van der Waals surface area contributed by atoms with E-state index in [9.17, 15) is 9.59 Å². The lowest BCUT2D eigenvalue weighted by Gasteiger charge is -2.43. The first-order valence-electron chi connectivity index (χ1n) is 10.6. The number of likely N-dealkylation sites (tertiary alicyclic amines) is 1. The van der Waals surface area contributed by atoms with Crippen LogP contribution in [-0.2, 0) is 6.54 Å². The average Bonchev–Trinajstić information content (AvgIpc) is 2.75. The molecule has 2 bridgehead atoms. The summed E-state index contributed by atoms with van der Waals surface area (Å²) in [5.41, 5.74) is 3.06. The van der Waals surface area contributed by atoms with Crippen molar-refractivity contribution in [2.45, 2.75) is 56.9 Å². The number of fused-ring (bicyclic) bond motifs is 4. The summed E-state index contributed by atoms with van der Waals surface area (Å²) in [5, 5.41) is 0. The third-order valence-electron chi connectivity index (χ3n) is 6.89. The molecule has 1 saturated carbocycles. The molecule has 2 fully saturated rings. The van der Waals surface area contributed by atoms with E-state index in [2.05, 4.69) is 17.1 Å². The van der Waals surface area contributed by atoms with Crippen LogP contribution in [0.25, 0.3) is 0 Å². The Kier molecular flexibility index (Phi) is 4.53. The smallest absolute Gasteiger partial charge is 0.254 e. The van der Waals surface area contributed by atoms with Gasteiger partial charge in [-0.1, -0.05) is 25.3 Å². The summed E-state index contributed by atoms with van der Waals surface area (Å²) in [6, 6.07) is 7.82. The van der Waals surface area contributed by atoms with Crippen molar-refractivity contribution in [2.24, 2.45) is 5.92 Å². The maximum atomic E-state index is 13.3. The number of nitrogens with zero attached hydrogens (tertiary/aromatic N) is 3. The molecule has 0 radical (unpaired) electrons. The number of hydrogen-bond donors (Lipinski definition) is 0. The van der Waals surface area contributed by atoms with Crippen LogP contribution < -0.4 is 5.56 Å². The van der Waals surface area contributed by atoms with Gasteiger partial charge in [0.15, 0.2) is 0 Å². The van der Waals surface area contributed by atoms with Crippen molar-refractivity contribution in [3.8, 4) is 0 Å². The van der Waals surface area contributed by atoms with Crippen molar-refractivity contribution in [3.63, 3.8) is 0 Å². The Bertz CT molecular complexity index is 931. The number of carbonyl (C=O) groups excluding carboxylic acids is 1. The fourth-order valence-corrected chi connectivity index (χ4v) is 5.53. The van der Waals surface area contributed by atoms with Gasteiger partial charge in [0.2, 0.25) is 0 Å². The summed E-state index contributed by atoms with van der Waals surface area (Å²) in [5.74, 6) is 1.13. The van der Waals surface area contributed by atoms with E-state index in [4.69, 9.17) is 0 Å². The van der Waals surface area contributed by atoms with Gasteiger partial charge in [-0.15, -0.1) is 0 Å². The second-order valence-corrected chi connectivity index (χ2v) is 8.71. The number of aromatic nitrogens is 2. The maximum Gasteiger partial charge on any atom is 0.254 e. The second-order valence-electron chi connectivity index (χ2n) is 8.71. The molecular weight excluding hydrogens is 350 g/mol. The molecule has 5 rings (SSSR count). The predicted octanol–water partition coefficient (Wildman–Crippen LogP) is 3.55. The minimum absolute atomic E-state index is 0.0757. The van der Waals surface area contributed by atoms with Crippen molar-refractivity contribution in [2.75, 3.05) is 13.1 Å². The summed E-state index contributed by atoms with van der Waals surface area (Å²) in [6.07, 6.45) is 10.5. The Morgan fingerprint density at radius 1 is 0.929 bits per heavy atom. The Hall–Kier alpha value is -2.43. The molecule has 4 heterocycles. The van der Waals surface area contributed by atoms with E-state index < -0.39 is 0 Å². The van der Waals surface area contributed by atoms with Crippen molar-refractivity contribution in [1.29, 1.82) is 0 Å². The highest BCUT2D eigenvalue weighted by Crippen LogP contribution is 2.37. The first-order chi connectivity index (χ1) is 13.7. The third kappa shape index (κ3) is 3.07. The fraction of sp³-hybridized carbons (Fsp3) is 0.522. The normalized spacial score (nSPS) is 24.6. The second kappa shape index (κ2) is 7.19. The molecule has 2 aromatic heterocycles. The van der Waals surface area contributed by atoms with E-state index in [1.54, 1.807) is 24.5 Å². The Morgan fingerprint density at radius 3 is 2.50 bits per heavy atom. The van der Waals surface area contributed by atoms with Crippen molar-refractivity contribution < 1.29 is 4.79 Å². The molecule has 1 amide bonds. The van der Waals surface area contributed by atoms with Crippen LogP contribution >= 0.6 is 0 Å². The number of rotatable bonds is 2. The van der Waals surface area contributed by atoms with Gasteiger partial charge in [-0.3, -0.25) is 14.6 Å². The summed E-state index contributed by atoms with van der Waals surface area (Å²) >= 11 is 0. The van der Waals surface area contributed by atoms with Crippen LogP contribution in [0.1, 0.15) is 72.0 Å². The molecule has 3 aliphatic rings. The molecule has 28 heavy (non-hydrogen) atoms. The quantitative estimate of drug-likeness (QED) is 0.804. The molecule has 1 saturated heterocycles. The van der Waals surface area contributed by atoms with Gasteiger partial charge in [-0.25, -0.2) is 0 Å². The van der Waals surface area contributed by atoms with Gasteiger partial charge in [-0.2, -0.15) is 0 Å². The monoisotopic (exact) mass is 377 g/mol. The molecule has 5 heteroatoms. The van der Waals surface area contributed by atoms with Crippen LogP contribution in [0.5, 0.6) is 0 Å². The lowest BCUT2D eigenvalue weighted by Crippen LogP contribution is -2.49. The van der Waals surface area contributed by atoms with E-state index in [1.807, 2.05) is 9.47 Å². The zero-order valence-corrected chi connectivity index (χ0v) is 16.2. The summed E-state index contributed by atoms with van der Waals surface area (Å²) < 4.78 is 2.04. The van der Waals surface area contributed by atoms with Gasteiger partial charge in [0.25, 0.3) is 11.5 Å². The largest absolute Gasteiger partial charge is 0.338 e. The summed E-state index contributed by atoms with van der Waals surface area (Å²) in [4.78, 5) is 32.1. The first kappa shape index (κ1) is 17.7. The molecule has 0 unspecified atom stereocenters. The van der Waals surface area contributed by atoms with Crippen LogP contribution in [-0.4, -0.2) is 33.4 Å². The number of carbonyl (C=O) groups is 1. The summed E-state index contributed by atoms with van der Waals surface area (Å²) in [7, 11) is 0. The molecule has 5 nitrogen and oxygen atoms in total. The zero-order valence-electron chi connectivity index (χ0n) is 16.2. The fourth-order valence-electron chi connectivity index (χ4n) is 5.53. The van der Waals surface area contributed by atoms with Crippen LogP contribution in [0, 0.1) is 5.92 Å². The van der Waals surface area contributed by atoms with E-state index in [-0.39, 0.29) is 17.4 Å². The molecule has 0 N–H and O–H groups in total. The standard InChI is InChI=1S/C23H27N3O2/c27-22(18-8-10-24-11-9-18)25-13-16-12-19(15-25)21-7-6-20(23(28)26(21)14-16)17-4-2-1-3-5-17/h6-11,16-17,19H,1-5,12-15H2/t16-,19+/m0/s1.